The van der Waals surface area contributed by atoms with Gasteiger partial charge in [-0.2, -0.15) is 5.10 Å². The molecule has 3 rings (SSSR count). The predicted molar refractivity (Wildman–Crippen MR) is 83.3 cm³/mol. The Morgan fingerprint density at radius 2 is 2.05 bits per heavy atom. The number of hydrogen-bond acceptors (Lipinski definition) is 3. The molecule has 0 saturated carbocycles. The lowest BCUT2D eigenvalue weighted by Gasteiger charge is -2.17. The van der Waals surface area contributed by atoms with Crippen LogP contribution in [0.1, 0.15) is 29.7 Å². The quantitative estimate of drug-likeness (QED) is 0.853. The van der Waals surface area contributed by atoms with Crippen LogP contribution in [0.5, 0.6) is 0 Å². The minimum Gasteiger partial charge on any atom is -0.312 e. The molecule has 2 aromatic rings. The van der Waals surface area contributed by atoms with Gasteiger partial charge >= 0.3 is 0 Å². The second-order valence-corrected chi connectivity index (χ2v) is 5.55. The van der Waals surface area contributed by atoms with Crippen LogP contribution >= 0.6 is 0 Å². The highest BCUT2D eigenvalue weighted by Gasteiger charge is 2.12. The molecular formula is C17H21N3O. The first-order chi connectivity index (χ1) is 10.3. The topological polar surface area (TPSA) is 46.9 Å². The van der Waals surface area contributed by atoms with Gasteiger partial charge in [-0.05, 0) is 30.4 Å². The van der Waals surface area contributed by atoms with Gasteiger partial charge in [-0.15, -0.1) is 0 Å². The first-order valence-corrected chi connectivity index (χ1v) is 7.67. The SMILES string of the molecule is O=c1cc2c(nn1CCCCc1ccccc1)CCNC2. The van der Waals surface area contributed by atoms with Crippen molar-refractivity contribution in [3.63, 3.8) is 0 Å². The minimum absolute atomic E-state index is 0.0251. The summed E-state index contributed by atoms with van der Waals surface area (Å²) in [6.07, 6.45) is 4.04. The van der Waals surface area contributed by atoms with Crippen LogP contribution in [0.2, 0.25) is 0 Å². The zero-order chi connectivity index (χ0) is 14.5. The summed E-state index contributed by atoms with van der Waals surface area (Å²) in [6, 6.07) is 12.2. The molecule has 0 bridgehead atoms. The summed E-state index contributed by atoms with van der Waals surface area (Å²) in [7, 11) is 0. The third-order valence-corrected chi connectivity index (χ3v) is 3.95. The molecule has 0 radical (unpaired) electrons. The second kappa shape index (κ2) is 6.68. The largest absolute Gasteiger partial charge is 0.312 e. The molecule has 0 fully saturated rings. The van der Waals surface area contributed by atoms with Gasteiger partial charge in [-0.25, -0.2) is 4.68 Å². The minimum atomic E-state index is 0.0251. The van der Waals surface area contributed by atoms with Gasteiger partial charge in [0.2, 0.25) is 0 Å². The maximum absolute atomic E-state index is 12.0. The van der Waals surface area contributed by atoms with Gasteiger partial charge in [-0.1, -0.05) is 30.3 Å². The number of hydrogen-bond donors (Lipinski definition) is 1. The van der Waals surface area contributed by atoms with E-state index in [0.29, 0.717) is 6.54 Å². The molecule has 1 aromatic carbocycles. The molecule has 1 N–H and O–H groups in total. The van der Waals surface area contributed by atoms with Crippen molar-refractivity contribution in [2.75, 3.05) is 6.54 Å². The van der Waals surface area contributed by atoms with E-state index in [0.717, 1.165) is 50.0 Å². The number of nitrogens with zero attached hydrogens (tertiary/aromatic N) is 2. The molecule has 4 nitrogen and oxygen atoms in total. The van der Waals surface area contributed by atoms with E-state index in [2.05, 4.69) is 34.7 Å². The monoisotopic (exact) mass is 283 g/mol. The molecule has 0 unspecified atom stereocenters. The van der Waals surface area contributed by atoms with Crippen LogP contribution in [-0.2, 0) is 25.9 Å². The van der Waals surface area contributed by atoms with Crippen LogP contribution in [0, 0.1) is 0 Å². The molecule has 0 aliphatic carbocycles. The third-order valence-electron chi connectivity index (χ3n) is 3.95. The standard InChI is InChI=1S/C17H21N3O/c21-17-12-15-13-18-10-9-16(15)19-20(17)11-5-4-8-14-6-2-1-3-7-14/h1-3,6-7,12,18H,4-5,8-11,13H2. The van der Waals surface area contributed by atoms with Crippen LogP contribution in [0.4, 0.5) is 0 Å². The summed E-state index contributed by atoms with van der Waals surface area (Å²) in [5, 5.41) is 7.79. The van der Waals surface area contributed by atoms with Gasteiger partial charge in [0.1, 0.15) is 0 Å². The lowest BCUT2D eigenvalue weighted by molar-refractivity contribution is 0.505. The van der Waals surface area contributed by atoms with Gasteiger partial charge in [0.15, 0.2) is 0 Å². The van der Waals surface area contributed by atoms with E-state index >= 15 is 0 Å². The lowest BCUT2D eigenvalue weighted by Crippen LogP contribution is -2.31. The van der Waals surface area contributed by atoms with E-state index in [4.69, 9.17) is 0 Å². The van der Waals surface area contributed by atoms with Crippen molar-refractivity contribution in [3.8, 4) is 0 Å². The molecule has 1 aromatic heterocycles. The summed E-state index contributed by atoms with van der Waals surface area (Å²) >= 11 is 0. The van der Waals surface area contributed by atoms with E-state index in [1.165, 1.54) is 5.56 Å². The smallest absolute Gasteiger partial charge is 0.267 e. The number of benzene rings is 1. The Balaban J connectivity index is 1.57. The average Bonchev–Trinajstić information content (AvgIpc) is 2.53. The van der Waals surface area contributed by atoms with Gasteiger partial charge in [-0.3, -0.25) is 4.79 Å². The van der Waals surface area contributed by atoms with Crippen molar-refractivity contribution in [3.05, 3.63) is 63.6 Å². The number of unbranched alkanes of at least 4 members (excludes halogenated alkanes) is 1. The van der Waals surface area contributed by atoms with Gasteiger partial charge in [0.05, 0.1) is 5.69 Å². The molecule has 2 heterocycles. The molecule has 110 valence electrons. The third kappa shape index (κ3) is 3.58. The Morgan fingerprint density at radius 3 is 2.90 bits per heavy atom. The normalized spacial score (nSPS) is 13.9. The molecule has 0 spiro atoms. The highest BCUT2D eigenvalue weighted by atomic mass is 16.1. The van der Waals surface area contributed by atoms with Crippen LogP contribution < -0.4 is 10.9 Å². The number of aromatic nitrogens is 2. The molecule has 21 heavy (non-hydrogen) atoms. The zero-order valence-electron chi connectivity index (χ0n) is 12.2. The van der Waals surface area contributed by atoms with E-state index in [1.54, 1.807) is 10.7 Å². The van der Waals surface area contributed by atoms with Gasteiger partial charge < -0.3 is 5.32 Å². The highest BCUT2D eigenvalue weighted by molar-refractivity contribution is 5.20. The number of rotatable bonds is 5. The summed E-state index contributed by atoms with van der Waals surface area (Å²) in [5.74, 6) is 0. The van der Waals surface area contributed by atoms with E-state index in [-0.39, 0.29) is 5.56 Å². The molecule has 1 aliphatic rings. The van der Waals surface area contributed by atoms with Crippen LogP contribution in [0.3, 0.4) is 0 Å². The molecule has 1 aliphatic heterocycles. The maximum atomic E-state index is 12.0. The first-order valence-electron chi connectivity index (χ1n) is 7.67. The maximum Gasteiger partial charge on any atom is 0.267 e. The van der Waals surface area contributed by atoms with Crippen LogP contribution in [-0.4, -0.2) is 16.3 Å². The molecule has 0 saturated heterocycles. The number of fused-ring (bicyclic) bond motifs is 1. The number of aryl methyl sites for hydroxylation is 2. The van der Waals surface area contributed by atoms with Gasteiger partial charge in [0, 0.05) is 32.1 Å². The summed E-state index contributed by atoms with van der Waals surface area (Å²) in [6.45, 7) is 2.44. The Labute approximate surface area is 124 Å². The lowest BCUT2D eigenvalue weighted by atomic mass is 10.1. The Kier molecular flexibility index (Phi) is 4.46. The van der Waals surface area contributed by atoms with Crippen molar-refractivity contribution in [2.45, 2.75) is 38.8 Å². The van der Waals surface area contributed by atoms with Crippen molar-refractivity contribution in [2.24, 2.45) is 0 Å². The summed E-state index contributed by atoms with van der Waals surface area (Å²) in [5.41, 5.74) is 3.52. The fraction of sp³-hybridized carbons (Fsp3) is 0.412. The Hall–Kier alpha value is -1.94. The fourth-order valence-electron chi connectivity index (χ4n) is 2.76. The van der Waals surface area contributed by atoms with E-state index in [9.17, 15) is 4.79 Å². The Bertz CT molecular complexity index is 649. The molecule has 0 amide bonds. The fourth-order valence-corrected chi connectivity index (χ4v) is 2.76. The average molecular weight is 283 g/mol. The number of nitrogens with one attached hydrogen (secondary N) is 1. The summed E-state index contributed by atoms with van der Waals surface area (Å²) < 4.78 is 1.63. The van der Waals surface area contributed by atoms with Gasteiger partial charge in [0.25, 0.3) is 5.56 Å². The van der Waals surface area contributed by atoms with Crippen molar-refractivity contribution in [1.82, 2.24) is 15.1 Å². The van der Waals surface area contributed by atoms with Crippen LogP contribution in [0.15, 0.2) is 41.2 Å². The predicted octanol–water partition coefficient (Wildman–Crippen LogP) is 1.91. The highest BCUT2D eigenvalue weighted by Crippen LogP contribution is 2.09. The Morgan fingerprint density at radius 1 is 1.19 bits per heavy atom. The van der Waals surface area contributed by atoms with Crippen molar-refractivity contribution >= 4 is 0 Å². The van der Waals surface area contributed by atoms with Crippen LogP contribution in [0.25, 0.3) is 0 Å². The van der Waals surface area contributed by atoms with Crippen molar-refractivity contribution in [1.29, 1.82) is 0 Å². The van der Waals surface area contributed by atoms with E-state index < -0.39 is 0 Å². The first kappa shape index (κ1) is 14.0. The zero-order valence-corrected chi connectivity index (χ0v) is 12.2. The molecular weight excluding hydrogens is 262 g/mol. The van der Waals surface area contributed by atoms with Crippen molar-refractivity contribution < 1.29 is 0 Å². The molecule has 4 heteroatoms. The molecule has 0 atom stereocenters. The van der Waals surface area contributed by atoms with E-state index in [1.807, 2.05) is 6.07 Å². The summed E-state index contributed by atoms with van der Waals surface area (Å²) in [4.78, 5) is 12.0. The second-order valence-electron chi connectivity index (χ2n) is 5.55.